The second kappa shape index (κ2) is 7.58. The number of amides is 3. The summed E-state index contributed by atoms with van der Waals surface area (Å²) in [6, 6.07) is 1.50. The van der Waals surface area contributed by atoms with Crippen molar-refractivity contribution >= 4 is 17.9 Å². The van der Waals surface area contributed by atoms with E-state index in [1.54, 1.807) is 23.4 Å². The summed E-state index contributed by atoms with van der Waals surface area (Å²) in [6.45, 7) is 6.33. The molecule has 8 nitrogen and oxygen atoms in total. The second-order valence-corrected chi connectivity index (χ2v) is 5.40. The van der Waals surface area contributed by atoms with Crippen molar-refractivity contribution in [1.29, 1.82) is 0 Å². The summed E-state index contributed by atoms with van der Waals surface area (Å²) >= 11 is 0. The molecule has 0 aliphatic carbocycles. The van der Waals surface area contributed by atoms with E-state index in [2.05, 4.69) is 20.6 Å². The van der Waals surface area contributed by atoms with Crippen molar-refractivity contribution in [1.82, 2.24) is 25.5 Å². The largest absolute Gasteiger partial charge is 0.338 e. The van der Waals surface area contributed by atoms with Crippen molar-refractivity contribution < 1.29 is 9.59 Å². The van der Waals surface area contributed by atoms with Gasteiger partial charge in [0.25, 0.3) is 0 Å². The van der Waals surface area contributed by atoms with E-state index in [9.17, 15) is 9.59 Å². The first-order valence-corrected chi connectivity index (χ1v) is 7.40. The van der Waals surface area contributed by atoms with Crippen LogP contribution in [0.5, 0.6) is 0 Å². The fourth-order valence-corrected chi connectivity index (χ4v) is 2.19. The Morgan fingerprint density at radius 1 is 1.18 bits per heavy atom. The van der Waals surface area contributed by atoms with E-state index in [0.717, 1.165) is 0 Å². The highest BCUT2D eigenvalue weighted by atomic mass is 16.2. The lowest BCUT2D eigenvalue weighted by molar-refractivity contribution is -0.130. The quantitative estimate of drug-likeness (QED) is 0.806. The molecule has 0 atom stereocenters. The van der Waals surface area contributed by atoms with Crippen molar-refractivity contribution in [3.8, 4) is 0 Å². The highest BCUT2D eigenvalue weighted by Gasteiger charge is 2.22. The van der Waals surface area contributed by atoms with Crippen LogP contribution >= 0.6 is 0 Å². The topological polar surface area (TPSA) is 90.5 Å². The molecule has 1 aromatic heterocycles. The summed E-state index contributed by atoms with van der Waals surface area (Å²) < 4.78 is 0. The number of hydrogen-bond donors (Lipinski definition) is 2. The Kier molecular flexibility index (Phi) is 5.51. The van der Waals surface area contributed by atoms with E-state index in [1.165, 1.54) is 0 Å². The number of nitrogens with zero attached hydrogens (tertiary/aromatic N) is 4. The lowest BCUT2D eigenvalue weighted by Gasteiger charge is -2.34. The van der Waals surface area contributed by atoms with Crippen molar-refractivity contribution in [3.05, 3.63) is 18.5 Å². The van der Waals surface area contributed by atoms with Crippen molar-refractivity contribution in [2.75, 3.05) is 37.6 Å². The summed E-state index contributed by atoms with van der Waals surface area (Å²) in [5, 5.41) is 5.26. The fraction of sp³-hybridized carbons (Fsp3) is 0.571. The van der Waals surface area contributed by atoms with Crippen molar-refractivity contribution in [3.63, 3.8) is 0 Å². The van der Waals surface area contributed by atoms with Crippen LogP contribution in [0.1, 0.15) is 13.8 Å². The molecule has 0 bridgehead atoms. The summed E-state index contributed by atoms with van der Waals surface area (Å²) in [4.78, 5) is 35.7. The first-order chi connectivity index (χ1) is 10.6. The maximum Gasteiger partial charge on any atom is 0.315 e. The molecule has 2 N–H and O–H groups in total. The number of aromatic nitrogens is 2. The fourth-order valence-electron chi connectivity index (χ4n) is 2.19. The highest BCUT2D eigenvalue weighted by Crippen LogP contribution is 2.09. The van der Waals surface area contributed by atoms with Crippen LogP contribution in [0, 0.1) is 0 Å². The van der Waals surface area contributed by atoms with Gasteiger partial charge in [-0.3, -0.25) is 4.79 Å². The molecule has 1 saturated heterocycles. The Morgan fingerprint density at radius 2 is 1.82 bits per heavy atom. The third-order valence-corrected chi connectivity index (χ3v) is 3.29. The number of carbonyl (C=O) groups excluding carboxylic acids is 2. The van der Waals surface area contributed by atoms with Gasteiger partial charge in [0.05, 0.1) is 6.54 Å². The van der Waals surface area contributed by atoms with Gasteiger partial charge in [0, 0.05) is 44.6 Å². The highest BCUT2D eigenvalue weighted by molar-refractivity contribution is 5.84. The Balaban J connectivity index is 1.74. The van der Waals surface area contributed by atoms with Crippen molar-refractivity contribution in [2.45, 2.75) is 19.9 Å². The number of carbonyl (C=O) groups is 2. The van der Waals surface area contributed by atoms with Crippen LogP contribution in [0.2, 0.25) is 0 Å². The zero-order chi connectivity index (χ0) is 15.9. The molecule has 120 valence electrons. The minimum absolute atomic E-state index is 0.0143. The molecule has 0 aromatic carbocycles. The Labute approximate surface area is 129 Å². The SMILES string of the molecule is CC(C)NC(=O)NCC(=O)N1CCN(c2ncccn2)CC1. The number of urea groups is 1. The first-order valence-electron chi connectivity index (χ1n) is 7.40. The predicted molar refractivity (Wildman–Crippen MR) is 82.5 cm³/mol. The zero-order valence-corrected chi connectivity index (χ0v) is 13.0. The van der Waals surface area contributed by atoms with Crippen LogP contribution in [-0.4, -0.2) is 65.6 Å². The van der Waals surface area contributed by atoms with Crippen LogP contribution in [0.3, 0.4) is 0 Å². The van der Waals surface area contributed by atoms with Gasteiger partial charge < -0.3 is 20.4 Å². The third kappa shape index (κ3) is 4.57. The average molecular weight is 306 g/mol. The summed E-state index contributed by atoms with van der Waals surface area (Å²) in [5.74, 6) is 0.608. The monoisotopic (exact) mass is 306 g/mol. The van der Waals surface area contributed by atoms with Crippen LogP contribution in [0.25, 0.3) is 0 Å². The van der Waals surface area contributed by atoms with E-state index in [-0.39, 0.29) is 24.5 Å². The van der Waals surface area contributed by atoms with E-state index in [1.807, 2.05) is 18.7 Å². The van der Waals surface area contributed by atoms with Gasteiger partial charge in [-0.2, -0.15) is 0 Å². The Bertz CT molecular complexity index is 499. The lowest BCUT2D eigenvalue weighted by Crippen LogP contribution is -2.52. The van der Waals surface area contributed by atoms with E-state index >= 15 is 0 Å². The van der Waals surface area contributed by atoms with Crippen LogP contribution < -0.4 is 15.5 Å². The molecule has 0 unspecified atom stereocenters. The van der Waals surface area contributed by atoms with Gasteiger partial charge >= 0.3 is 6.03 Å². The van der Waals surface area contributed by atoms with E-state index in [4.69, 9.17) is 0 Å². The minimum atomic E-state index is -0.320. The van der Waals surface area contributed by atoms with Gasteiger partial charge in [-0.15, -0.1) is 0 Å². The van der Waals surface area contributed by atoms with Crippen LogP contribution in [0.15, 0.2) is 18.5 Å². The molecule has 1 fully saturated rings. The summed E-state index contributed by atoms with van der Waals surface area (Å²) in [7, 11) is 0. The molecule has 0 radical (unpaired) electrons. The predicted octanol–water partition coefficient (Wildman–Crippen LogP) is -0.167. The molecule has 2 rings (SSSR count). The maximum atomic E-state index is 12.1. The van der Waals surface area contributed by atoms with Crippen LogP contribution in [0.4, 0.5) is 10.7 Å². The van der Waals surface area contributed by atoms with Gasteiger partial charge in [-0.05, 0) is 19.9 Å². The first kappa shape index (κ1) is 16.0. The van der Waals surface area contributed by atoms with Crippen LogP contribution in [-0.2, 0) is 4.79 Å². The molecule has 2 heterocycles. The van der Waals surface area contributed by atoms with E-state index in [0.29, 0.717) is 32.1 Å². The average Bonchev–Trinajstić information content (AvgIpc) is 2.53. The van der Waals surface area contributed by atoms with Gasteiger partial charge in [0.15, 0.2) is 0 Å². The Morgan fingerprint density at radius 3 is 2.41 bits per heavy atom. The molecule has 0 saturated carbocycles. The third-order valence-electron chi connectivity index (χ3n) is 3.29. The maximum absolute atomic E-state index is 12.1. The molecule has 1 aliphatic rings. The van der Waals surface area contributed by atoms with Gasteiger partial charge in [0.1, 0.15) is 0 Å². The summed E-state index contributed by atoms with van der Waals surface area (Å²) in [6.07, 6.45) is 3.41. The van der Waals surface area contributed by atoms with E-state index < -0.39 is 0 Å². The lowest BCUT2D eigenvalue weighted by atomic mass is 10.3. The van der Waals surface area contributed by atoms with Gasteiger partial charge in [-0.1, -0.05) is 0 Å². The molecule has 1 aliphatic heterocycles. The molecule has 8 heteroatoms. The normalized spacial score (nSPS) is 14.9. The smallest absolute Gasteiger partial charge is 0.315 e. The second-order valence-electron chi connectivity index (χ2n) is 5.40. The van der Waals surface area contributed by atoms with Gasteiger partial charge in [0.2, 0.25) is 11.9 Å². The molecular weight excluding hydrogens is 284 g/mol. The summed E-state index contributed by atoms with van der Waals surface area (Å²) in [5.41, 5.74) is 0. The number of piperazine rings is 1. The number of anilines is 1. The number of nitrogens with one attached hydrogen (secondary N) is 2. The number of rotatable bonds is 4. The molecule has 0 spiro atoms. The Hall–Kier alpha value is -2.38. The minimum Gasteiger partial charge on any atom is -0.338 e. The molecule has 3 amide bonds. The zero-order valence-electron chi connectivity index (χ0n) is 13.0. The standard InChI is InChI=1S/C14H22N6O2/c1-11(2)18-14(22)17-10-12(21)19-6-8-20(9-7-19)13-15-4-3-5-16-13/h3-5,11H,6-10H2,1-2H3,(H2,17,18,22). The van der Waals surface area contributed by atoms with Gasteiger partial charge in [-0.25, -0.2) is 14.8 Å². The van der Waals surface area contributed by atoms with Crippen molar-refractivity contribution in [2.24, 2.45) is 0 Å². The molecular formula is C14H22N6O2. The molecule has 22 heavy (non-hydrogen) atoms. The number of hydrogen-bond acceptors (Lipinski definition) is 5. The molecule has 1 aromatic rings.